The summed E-state index contributed by atoms with van der Waals surface area (Å²) in [4.78, 5) is 14.8. The van der Waals surface area contributed by atoms with Crippen LogP contribution in [0, 0.1) is 0 Å². The Labute approximate surface area is 133 Å². The molecule has 1 aliphatic carbocycles. The van der Waals surface area contributed by atoms with Crippen LogP contribution in [0.4, 0.5) is 0 Å². The summed E-state index contributed by atoms with van der Waals surface area (Å²) >= 11 is 0. The first-order valence-corrected chi connectivity index (χ1v) is 9.68. The standard InChI is InChI=1S/C13H29NO7Si/c1-4-15-19-22(20-16-5-2,21-17-6-3)18-12-14-13-10-8-7-9-11-13/h13-14H,4-12H2,1-3H3. The van der Waals surface area contributed by atoms with E-state index in [0.29, 0.717) is 25.9 Å². The van der Waals surface area contributed by atoms with Crippen LogP contribution in [-0.2, 0) is 32.8 Å². The maximum absolute atomic E-state index is 5.62. The van der Waals surface area contributed by atoms with E-state index in [-0.39, 0.29) is 6.73 Å². The minimum atomic E-state index is -3.67. The maximum Gasteiger partial charge on any atom is 0.765 e. The van der Waals surface area contributed by atoms with E-state index in [1.807, 2.05) is 0 Å². The van der Waals surface area contributed by atoms with Gasteiger partial charge in [0, 0.05) is 6.04 Å². The zero-order chi connectivity index (χ0) is 16.1. The van der Waals surface area contributed by atoms with Crippen molar-refractivity contribution in [1.29, 1.82) is 0 Å². The van der Waals surface area contributed by atoms with Crippen LogP contribution in [0.2, 0.25) is 0 Å². The molecular formula is C13H29NO7Si. The molecule has 1 aliphatic rings. The minimum absolute atomic E-state index is 0.212. The second-order valence-corrected chi connectivity index (χ2v) is 6.59. The van der Waals surface area contributed by atoms with E-state index in [4.69, 9.17) is 32.8 Å². The van der Waals surface area contributed by atoms with Gasteiger partial charge in [0.2, 0.25) is 0 Å². The average Bonchev–Trinajstić information content (AvgIpc) is 2.57. The van der Waals surface area contributed by atoms with Crippen LogP contribution in [0.25, 0.3) is 0 Å². The van der Waals surface area contributed by atoms with E-state index >= 15 is 0 Å². The van der Waals surface area contributed by atoms with Crippen LogP contribution in [0.5, 0.6) is 0 Å². The van der Waals surface area contributed by atoms with E-state index < -0.39 is 9.05 Å². The lowest BCUT2D eigenvalue weighted by molar-refractivity contribution is -0.386. The first-order valence-electron chi connectivity index (χ1n) is 8.05. The van der Waals surface area contributed by atoms with Crippen molar-refractivity contribution in [2.45, 2.75) is 58.9 Å². The Morgan fingerprint density at radius 2 is 1.32 bits per heavy atom. The molecule has 132 valence electrons. The molecule has 0 radical (unpaired) electrons. The Morgan fingerprint density at radius 1 is 0.818 bits per heavy atom. The molecule has 1 fully saturated rings. The SMILES string of the molecule is CCOO[Si](OCNC1CCCCC1)(OOCC)OOCC. The first-order chi connectivity index (χ1) is 10.8. The molecule has 0 saturated heterocycles. The van der Waals surface area contributed by atoms with Gasteiger partial charge in [0.05, 0.1) is 26.6 Å². The van der Waals surface area contributed by atoms with Gasteiger partial charge in [-0.3, -0.25) is 5.32 Å². The summed E-state index contributed by atoms with van der Waals surface area (Å²) < 4.78 is 21.1. The second kappa shape index (κ2) is 12.3. The molecule has 0 aromatic carbocycles. The van der Waals surface area contributed by atoms with Crippen LogP contribution in [0.3, 0.4) is 0 Å². The summed E-state index contributed by atoms with van der Waals surface area (Å²) in [6.45, 7) is 6.50. The van der Waals surface area contributed by atoms with Gasteiger partial charge in [0.25, 0.3) is 0 Å². The van der Waals surface area contributed by atoms with Gasteiger partial charge >= 0.3 is 9.05 Å². The fourth-order valence-corrected chi connectivity index (χ4v) is 3.34. The predicted molar refractivity (Wildman–Crippen MR) is 79.8 cm³/mol. The molecular weight excluding hydrogens is 310 g/mol. The highest BCUT2D eigenvalue weighted by Crippen LogP contribution is 2.18. The van der Waals surface area contributed by atoms with Crippen LogP contribution in [0.1, 0.15) is 52.9 Å². The van der Waals surface area contributed by atoms with Crippen molar-refractivity contribution in [3.8, 4) is 0 Å². The monoisotopic (exact) mass is 339 g/mol. The molecule has 1 rings (SSSR count). The van der Waals surface area contributed by atoms with Crippen LogP contribution < -0.4 is 5.32 Å². The lowest BCUT2D eigenvalue weighted by Gasteiger charge is -2.27. The topological polar surface area (TPSA) is 76.6 Å². The van der Waals surface area contributed by atoms with Crippen molar-refractivity contribution in [2.75, 3.05) is 26.6 Å². The Balaban J connectivity index is 2.47. The molecule has 1 N–H and O–H groups in total. The molecule has 0 aliphatic heterocycles. The summed E-state index contributed by atoms with van der Waals surface area (Å²) in [5, 5.41) is 3.31. The minimum Gasteiger partial charge on any atom is -0.334 e. The average molecular weight is 339 g/mol. The molecule has 0 spiro atoms. The quantitative estimate of drug-likeness (QED) is 0.237. The van der Waals surface area contributed by atoms with Crippen molar-refractivity contribution in [3.05, 3.63) is 0 Å². The van der Waals surface area contributed by atoms with Crippen molar-refractivity contribution in [3.63, 3.8) is 0 Å². The highest BCUT2D eigenvalue weighted by molar-refractivity contribution is 6.52. The third kappa shape index (κ3) is 7.95. The van der Waals surface area contributed by atoms with E-state index in [2.05, 4.69) is 5.32 Å². The van der Waals surface area contributed by atoms with E-state index in [0.717, 1.165) is 12.8 Å². The van der Waals surface area contributed by atoms with Gasteiger partial charge in [0.1, 0.15) is 0 Å². The smallest absolute Gasteiger partial charge is 0.334 e. The third-order valence-electron chi connectivity index (χ3n) is 3.06. The van der Waals surface area contributed by atoms with E-state index in [9.17, 15) is 0 Å². The molecule has 0 unspecified atom stereocenters. The van der Waals surface area contributed by atoms with Gasteiger partial charge in [-0.2, -0.15) is 13.7 Å². The number of rotatable bonds is 13. The second-order valence-electron chi connectivity index (χ2n) is 4.80. The molecule has 0 amide bonds. The predicted octanol–water partition coefficient (Wildman–Crippen LogP) is 2.22. The first kappa shape index (κ1) is 19.9. The van der Waals surface area contributed by atoms with Crippen molar-refractivity contribution >= 4 is 9.05 Å². The Morgan fingerprint density at radius 3 is 1.77 bits per heavy atom. The van der Waals surface area contributed by atoms with Gasteiger partial charge in [-0.25, -0.2) is 14.7 Å². The Kier molecular flexibility index (Phi) is 11.2. The Hall–Kier alpha value is -0.103. The zero-order valence-electron chi connectivity index (χ0n) is 13.8. The highest BCUT2D eigenvalue weighted by Gasteiger charge is 2.52. The molecule has 9 heteroatoms. The maximum atomic E-state index is 5.62. The number of hydrogen-bond acceptors (Lipinski definition) is 8. The van der Waals surface area contributed by atoms with Gasteiger partial charge in [-0.15, -0.1) is 0 Å². The van der Waals surface area contributed by atoms with Crippen molar-refractivity contribution in [2.24, 2.45) is 0 Å². The van der Waals surface area contributed by atoms with Gasteiger partial charge < -0.3 is 4.43 Å². The molecule has 0 heterocycles. The number of hydrogen-bond donors (Lipinski definition) is 1. The van der Waals surface area contributed by atoms with Crippen LogP contribution in [0.15, 0.2) is 0 Å². The molecule has 0 aromatic rings. The van der Waals surface area contributed by atoms with Gasteiger partial charge in [-0.05, 0) is 33.6 Å². The lowest BCUT2D eigenvalue weighted by Crippen LogP contribution is -2.51. The third-order valence-corrected chi connectivity index (χ3v) is 4.53. The van der Waals surface area contributed by atoms with Crippen molar-refractivity contribution < 1.29 is 32.8 Å². The molecule has 22 heavy (non-hydrogen) atoms. The summed E-state index contributed by atoms with van der Waals surface area (Å²) in [7, 11) is -3.67. The summed E-state index contributed by atoms with van der Waals surface area (Å²) in [6, 6.07) is 0.437. The number of nitrogens with one attached hydrogen (secondary N) is 1. The summed E-state index contributed by atoms with van der Waals surface area (Å²) in [5.74, 6) is 0. The normalized spacial score (nSPS) is 17.0. The molecule has 0 atom stereocenters. The molecule has 0 bridgehead atoms. The zero-order valence-corrected chi connectivity index (χ0v) is 14.8. The van der Waals surface area contributed by atoms with Crippen LogP contribution in [-0.4, -0.2) is 41.6 Å². The van der Waals surface area contributed by atoms with E-state index in [1.165, 1.54) is 19.3 Å². The molecule has 0 aromatic heterocycles. The Bertz CT molecular complexity index is 245. The van der Waals surface area contributed by atoms with Gasteiger partial charge in [0.15, 0.2) is 0 Å². The fourth-order valence-electron chi connectivity index (χ4n) is 2.06. The fraction of sp³-hybridized carbons (Fsp3) is 1.00. The lowest BCUT2D eigenvalue weighted by atomic mass is 9.96. The summed E-state index contributed by atoms with van der Waals surface area (Å²) in [5.41, 5.74) is 0. The van der Waals surface area contributed by atoms with Crippen molar-refractivity contribution in [1.82, 2.24) is 5.32 Å². The van der Waals surface area contributed by atoms with Crippen LogP contribution >= 0.6 is 0 Å². The highest BCUT2D eigenvalue weighted by atomic mass is 28.4. The summed E-state index contributed by atoms with van der Waals surface area (Å²) in [6.07, 6.45) is 6.05. The van der Waals surface area contributed by atoms with E-state index in [1.54, 1.807) is 20.8 Å². The molecule has 1 saturated carbocycles. The largest absolute Gasteiger partial charge is 0.765 e. The van der Waals surface area contributed by atoms with Gasteiger partial charge in [-0.1, -0.05) is 19.3 Å². The molecule has 8 nitrogen and oxygen atoms in total.